The van der Waals surface area contributed by atoms with Gasteiger partial charge in [0.05, 0.1) is 23.4 Å². The van der Waals surface area contributed by atoms with Gasteiger partial charge in [-0.1, -0.05) is 11.6 Å². The molecule has 0 saturated heterocycles. The summed E-state index contributed by atoms with van der Waals surface area (Å²) in [5.41, 5.74) is 7.23. The van der Waals surface area contributed by atoms with E-state index in [2.05, 4.69) is 5.32 Å². The van der Waals surface area contributed by atoms with Crippen molar-refractivity contribution in [2.24, 2.45) is 5.73 Å². The fourth-order valence-electron chi connectivity index (χ4n) is 2.46. The highest BCUT2D eigenvalue weighted by molar-refractivity contribution is 6.33. The van der Waals surface area contributed by atoms with Gasteiger partial charge >= 0.3 is 5.97 Å². The molecule has 1 fully saturated rings. The molecule has 19 heavy (non-hydrogen) atoms. The molecule has 0 bridgehead atoms. The average Bonchev–Trinajstić information content (AvgIpc) is 2.40. The minimum atomic E-state index is -0.361. The van der Waals surface area contributed by atoms with E-state index in [1.165, 1.54) is 7.11 Å². The van der Waals surface area contributed by atoms with E-state index in [4.69, 9.17) is 22.1 Å². The maximum absolute atomic E-state index is 11.5. The van der Waals surface area contributed by atoms with Gasteiger partial charge in [-0.3, -0.25) is 0 Å². The first kappa shape index (κ1) is 14.2. The number of nitrogens with one attached hydrogen (secondary N) is 1. The summed E-state index contributed by atoms with van der Waals surface area (Å²) >= 11 is 6.15. The molecule has 1 aliphatic carbocycles. The lowest BCUT2D eigenvalue weighted by molar-refractivity contribution is 0.0601. The third kappa shape index (κ3) is 3.61. The summed E-state index contributed by atoms with van der Waals surface area (Å²) in [4.78, 5) is 11.5. The summed E-state index contributed by atoms with van der Waals surface area (Å²) < 4.78 is 4.71. The fraction of sp³-hybridized carbons (Fsp3) is 0.500. The van der Waals surface area contributed by atoms with Crippen molar-refractivity contribution in [3.05, 3.63) is 28.8 Å². The maximum Gasteiger partial charge on any atom is 0.337 e. The highest BCUT2D eigenvalue weighted by Crippen LogP contribution is 2.27. The number of anilines is 1. The normalized spacial score (nSPS) is 22.9. The van der Waals surface area contributed by atoms with Gasteiger partial charge in [-0.15, -0.1) is 0 Å². The quantitative estimate of drug-likeness (QED) is 0.837. The monoisotopic (exact) mass is 282 g/mol. The van der Waals surface area contributed by atoms with Crippen molar-refractivity contribution in [3.63, 3.8) is 0 Å². The Morgan fingerprint density at radius 3 is 2.95 bits per heavy atom. The summed E-state index contributed by atoms with van der Waals surface area (Å²) in [6.45, 7) is 0. The molecule has 0 amide bonds. The molecule has 5 heteroatoms. The lowest BCUT2D eigenvalue weighted by atomic mass is 9.91. The summed E-state index contributed by atoms with van der Waals surface area (Å²) in [5.74, 6) is -0.361. The topological polar surface area (TPSA) is 64.3 Å². The van der Waals surface area contributed by atoms with Crippen molar-refractivity contribution in [2.45, 2.75) is 37.8 Å². The van der Waals surface area contributed by atoms with Gasteiger partial charge in [0, 0.05) is 12.1 Å². The van der Waals surface area contributed by atoms with Crippen molar-refractivity contribution in [1.29, 1.82) is 0 Å². The van der Waals surface area contributed by atoms with Crippen LogP contribution in [0.3, 0.4) is 0 Å². The summed E-state index contributed by atoms with van der Waals surface area (Å²) in [5, 5.41) is 3.98. The van der Waals surface area contributed by atoms with E-state index in [0.29, 0.717) is 16.6 Å². The highest BCUT2D eigenvalue weighted by atomic mass is 35.5. The zero-order valence-electron chi connectivity index (χ0n) is 11.0. The largest absolute Gasteiger partial charge is 0.465 e. The minimum absolute atomic E-state index is 0.244. The molecule has 104 valence electrons. The Morgan fingerprint density at radius 1 is 1.47 bits per heavy atom. The highest BCUT2D eigenvalue weighted by Gasteiger charge is 2.20. The van der Waals surface area contributed by atoms with Crippen molar-refractivity contribution in [1.82, 2.24) is 0 Å². The van der Waals surface area contributed by atoms with Crippen LogP contribution in [0, 0.1) is 0 Å². The molecule has 1 saturated carbocycles. The first-order valence-corrected chi connectivity index (χ1v) is 6.88. The second kappa shape index (κ2) is 6.26. The van der Waals surface area contributed by atoms with Crippen LogP contribution in [0.2, 0.25) is 5.02 Å². The van der Waals surface area contributed by atoms with Gasteiger partial charge < -0.3 is 15.8 Å². The number of methoxy groups -OCH3 is 1. The first-order valence-electron chi connectivity index (χ1n) is 6.50. The Kier molecular flexibility index (Phi) is 4.66. The van der Waals surface area contributed by atoms with E-state index in [1.54, 1.807) is 18.2 Å². The van der Waals surface area contributed by atoms with Crippen molar-refractivity contribution in [3.8, 4) is 0 Å². The van der Waals surface area contributed by atoms with Crippen LogP contribution in [-0.4, -0.2) is 25.2 Å². The van der Waals surface area contributed by atoms with Gasteiger partial charge in [0.2, 0.25) is 0 Å². The average molecular weight is 283 g/mol. The van der Waals surface area contributed by atoms with E-state index in [-0.39, 0.29) is 12.0 Å². The number of rotatable bonds is 3. The number of carbonyl (C=O) groups is 1. The van der Waals surface area contributed by atoms with Gasteiger partial charge in [0.25, 0.3) is 0 Å². The predicted octanol–water partition coefficient (Wildman–Crippen LogP) is 2.81. The van der Waals surface area contributed by atoms with Crippen LogP contribution < -0.4 is 11.1 Å². The molecule has 2 rings (SSSR count). The second-order valence-corrected chi connectivity index (χ2v) is 5.36. The van der Waals surface area contributed by atoms with E-state index >= 15 is 0 Å². The predicted molar refractivity (Wildman–Crippen MR) is 76.6 cm³/mol. The number of hydrogen-bond acceptors (Lipinski definition) is 4. The molecule has 1 aliphatic rings. The van der Waals surface area contributed by atoms with Crippen LogP contribution in [0.25, 0.3) is 0 Å². The molecular formula is C14H19ClN2O2. The summed E-state index contributed by atoms with van der Waals surface area (Å²) in [6, 6.07) is 5.65. The Morgan fingerprint density at radius 2 is 2.26 bits per heavy atom. The number of benzene rings is 1. The molecule has 0 aromatic heterocycles. The molecule has 0 spiro atoms. The lowest BCUT2D eigenvalue weighted by Gasteiger charge is -2.28. The number of esters is 1. The third-order valence-corrected chi connectivity index (χ3v) is 3.79. The van der Waals surface area contributed by atoms with Gasteiger partial charge in [-0.05, 0) is 43.9 Å². The molecule has 2 unspecified atom stereocenters. The lowest BCUT2D eigenvalue weighted by Crippen LogP contribution is -2.35. The van der Waals surface area contributed by atoms with E-state index in [9.17, 15) is 4.79 Å². The van der Waals surface area contributed by atoms with E-state index in [0.717, 1.165) is 31.4 Å². The van der Waals surface area contributed by atoms with Crippen LogP contribution in [0.15, 0.2) is 18.2 Å². The van der Waals surface area contributed by atoms with Crippen LogP contribution in [0.1, 0.15) is 36.0 Å². The Balaban J connectivity index is 2.12. The van der Waals surface area contributed by atoms with Gasteiger partial charge in [0.1, 0.15) is 0 Å². The molecular weight excluding hydrogens is 264 g/mol. The first-order chi connectivity index (χ1) is 9.10. The zero-order chi connectivity index (χ0) is 13.8. The molecule has 0 aliphatic heterocycles. The van der Waals surface area contributed by atoms with Gasteiger partial charge in [-0.25, -0.2) is 4.79 Å². The SMILES string of the molecule is COC(=O)c1ccc(Cl)c(NC2CCCC(N)C2)c1. The smallest absolute Gasteiger partial charge is 0.337 e. The van der Waals surface area contributed by atoms with Crippen molar-refractivity contribution in [2.75, 3.05) is 12.4 Å². The molecule has 1 aromatic carbocycles. The molecule has 4 nitrogen and oxygen atoms in total. The van der Waals surface area contributed by atoms with Crippen molar-refractivity contribution < 1.29 is 9.53 Å². The van der Waals surface area contributed by atoms with Crippen LogP contribution in [-0.2, 0) is 4.74 Å². The minimum Gasteiger partial charge on any atom is -0.465 e. The van der Waals surface area contributed by atoms with E-state index < -0.39 is 0 Å². The standard InChI is InChI=1S/C14H19ClN2O2/c1-19-14(18)9-5-6-12(15)13(7-9)17-11-4-2-3-10(16)8-11/h5-7,10-11,17H,2-4,8,16H2,1H3. The molecule has 0 heterocycles. The van der Waals surface area contributed by atoms with Crippen molar-refractivity contribution >= 4 is 23.3 Å². The number of ether oxygens (including phenoxy) is 1. The molecule has 0 radical (unpaired) electrons. The van der Waals surface area contributed by atoms with Crippen LogP contribution in [0.4, 0.5) is 5.69 Å². The van der Waals surface area contributed by atoms with Gasteiger partial charge in [-0.2, -0.15) is 0 Å². The number of carbonyl (C=O) groups excluding carboxylic acids is 1. The van der Waals surface area contributed by atoms with Crippen LogP contribution in [0.5, 0.6) is 0 Å². The number of halogens is 1. The summed E-state index contributed by atoms with van der Waals surface area (Å²) in [6.07, 6.45) is 4.20. The van der Waals surface area contributed by atoms with Gasteiger partial charge in [0.15, 0.2) is 0 Å². The molecule has 3 N–H and O–H groups in total. The Labute approximate surface area is 118 Å². The maximum atomic E-state index is 11.5. The zero-order valence-corrected chi connectivity index (χ0v) is 11.7. The fourth-order valence-corrected chi connectivity index (χ4v) is 2.63. The third-order valence-electron chi connectivity index (χ3n) is 3.46. The molecule has 2 atom stereocenters. The second-order valence-electron chi connectivity index (χ2n) is 4.95. The number of hydrogen-bond donors (Lipinski definition) is 2. The molecule has 1 aromatic rings. The Hall–Kier alpha value is -1.26. The summed E-state index contributed by atoms with van der Waals surface area (Å²) in [7, 11) is 1.37. The van der Waals surface area contributed by atoms with Crippen LogP contribution >= 0.6 is 11.6 Å². The number of nitrogens with two attached hydrogens (primary N) is 1. The van der Waals surface area contributed by atoms with E-state index in [1.807, 2.05) is 0 Å². The Bertz CT molecular complexity index is 465.